The average molecular weight is 552 g/mol. The van der Waals surface area contributed by atoms with Crippen molar-refractivity contribution in [2.75, 3.05) is 5.32 Å². The lowest BCUT2D eigenvalue weighted by atomic mass is 9.97. The van der Waals surface area contributed by atoms with Crippen molar-refractivity contribution in [1.29, 1.82) is 0 Å². The Morgan fingerprint density at radius 1 is 0.900 bits per heavy atom. The molecule has 0 bridgehead atoms. The number of amides is 1. The van der Waals surface area contributed by atoms with Gasteiger partial charge in [-0.15, -0.1) is 0 Å². The second-order valence-corrected chi connectivity index (χ2v) is 10.3. The van der Waals surface area contributed by atoms with Gasteiger partial charge in [0.1, 0.15) is 17.3 Å². The minimum Gasteiger partial charge on any atom is -0.456 e. The van der Waals surface area contributed by atoms with E-state index < -0.39 is 17.8 Å². The number of furan rings is 1. The van der Waals surface area contributed by atoms with E-state index in [9.17, 15) is 9.59 Å². The predicted octanol–water partition coefficient (Wildman–Crippen LogP) is 8.89. The van der Waals surface area contributed by atoms with Crippen LogP contribution in [0.3, 0.4) is 0 Å². The Morgan fingerprint density at radius 3 is 2.20 bits per heavy atom. The van der Waals surface area contributed by atoms with Crippen LogP contribution in [-0.4, -0.2) is 12.6 Å². The van der Waals surface area contributed by atoms with Crippen LogP contribution in [0.2, 0.25) is 5.02 Å². The number of rotatable bonds is 8. The minimum atomic E-state index is -0.642. The molecular weight excluding hydrogens is 526 g/mol. The van der Waals surface area contributed by atoms with Gasteiger partial charge in [-0.1, -0.05) is 96.5 Å². The number of hydrogen-bond acceptors (Lipinski definition) is 5. The summed E-state index contributed by atoms with van der Waals surface area (Å²) in [5, 5.41) is 4.20. The highest BCUT2D eigenvalue weighted by Gasteiger charge is 2.46. The number of halogens is 1. The van der Waals surface area contributed by atoms with Crippen molar-refractivity contribution in [2.24, 2.45) is 0 Å². The Balaban J connectivity index is 1.25. The van der Waals surface area contributed by atoms with Gasteiger partial charge in [0.2, 0.25) is 5.88 Å². The summed E-state index contributed by atoms with van der Waals surface area (Å²) in [7, 11) is 0. The lowest BCUT2D eigenvalue weighted by molar-refractivity contribution is -0.136. The van der Waals surface area contributed by atoms with Crippen LogP contribution in [0.5, 0.6) is 0 Å². The summed E-state index contributed by atoms with van der Waals surface area (Å²) in [4.78, 5) is 23.8. The average Bonchev–Trinajstić information content (AvgIpc) is 3.66. The molecule has 5 aromatic rings. The number of ether oxygens (including phenoxy) is 2. The normalized spacial score (nSPS) is 14.3. The van der Waals surface area contributed by atoms with Gasteiger partial charge in [0.05, 0.1) is 5.56 Å². The van der Waals surface area contributed by atoms with Crippen LogP contribution in [0.4, 0.5) is 10.7 Å². The second-order valence-electron chi connectivity index (χ2n) is 9.86. The molecule has 1 heterocycles. The van der Waals surface area contributed by atoms with E-state index in [2.05, 4.69) is 5.32 Å². The third-order valence-electron chi connectivity index (χ3n) is 7.33. The number of fused-ring (bicyclic) bond motifs is 1. The number of carbonyl (C=O) groups excluding carboxylic acids is 2. The van der Waals surface area contributed by atoms with Crippen LogP contribution in [0.15, 0.2) is 101 Å². The third-order valence-corrected chi connectivity index (χ3v) is 7.68. The zero-order valence-electron chi connectivity index (χ0n) is 21.7. The lowest BCUT2D eigenvalue weighted by Gasteiger charge is -2.15. The van der Waals surface area contributed by atoms with E-state index in [0.29, 0.717) is 23.0 Å². The van der Waals surface area contributed by atoms with Gasteiger partial charge in [0.15, 0.2) is 0 Å². The number of benzene rings is 4. The van der Waals surface area contributed by atoms with Crippen LogP contribution in [0.25, 0.3) is 33.2 Å². The van der Waals surface area contributed by atoms with Crippen molar-refractivity contribution < 1.29 is 23.5 Å². The number of carbonyl (C=O) groups is 2. The molecule has 1 aromatic heterocycles. The van der Waals surface area contributed by atoms with E-state index in [-0.39, 0.29) is 0 Å². The van der Waals surface area contributed by atoms with Crippen molar-refractivity contribution in [2.45, 2.75) is 31.5 Å². The highest BCUT2D eigenvalue weighted by Crippen LogP contribution is 2.49. The quantitative estimate of drug-likeness (QED) is 0.195. The van der Waals surface area contributed by atoms with E-state index >= 15 is 0 Å². The SMILES string of the molecule is C[C@@H](OC(=O)Nc1oc2ccccc2c1-c1ccc(-c2ccc(C3(OC=O)CC3)cc2)cc1)c1ccccc1Cl. The van der Waals surface area contributed by atoms with E-state index in [4.69, 9.17) is 25.5 Å². The smallest absolute Gasteiger partial charge is 0.414 e. The molecule has 0 radical (unpaired) electrons. The van der Waals surface area contributed by atoms with Crippen molar-refractivity contribution in [3.63, 3.8) is 0 Å². The van der Waals surface area contributed by atoms with E-state index in [0.717, 1.165) is 51.6 Å². The molecule has 200 valence electrons. The fourth-order valence-corrected chi connectivity index (χ4v) is 5.34. The fourth-order valence-electron chi connectivity index (χ4n) is 5.05. The fraction of sp³-hybridized carbons (Fsp3) is 0.152. The summed E-state index contributed by atoms with van der Waals surface area (Å²) < 4.78 is 17.0. The Morgan fingerprint density at radius 2 is 1.52 bits per heavy atom. The number of hydrogen-bond donors (Lipinski definition) is 1. The van der Waals surface area contributed by atoms with Gasteiger partial charge in [-0.05, 0) is 54.2 Å². The molecule has 1 atom stereocenters. The molecule has 6 rings (SSSR count). The van der Waals surface area contributed by atoms with Crippen LogP contribution in [0.1, 0.15) is 37.0 Å². The van der Waals surface area contributed by atoms with E-state index in [1.807, 2.05) is 91.0 Å². The maximum Gasteiger partial charge on any atom is 0.414 e. The maximum absolute atomic E-state index is 12.9. The van der Waals surface area contributed by atoms with Gasteiger partial charge in [-0.25, -0.2) is 4.79 Å². The number of nitrogens with one attached hydrogen (secondary N) is 1. The first-order valence-electron chi connectivity index (χ1n) is 13.0. The third kappa shape index (κ3) is 4.94. The summed E-state index contributed by atoms with van der Waals surface area (Å²) in [6.45, 7) is 2.30. The Kier molecular flexibility index (Phi) is 6.78. The van der Waals surface area contributed by atoms with Crippen molar-refractivity contribution in [1.82, 2.24) is 0 Å². The zero-order chi connectivity index (χ0) is 27.7. The monoisotopic (exact) mass is 551 g/mol. The standard InChI is InChI=1S/C33H26ClNO5/c1-21(26-6-2-4-8-28(26)34)39-32(37)35-31-30(27-7-3-5-9-29(27)40-31)24-12-10-22(11-13-24)23-14-16-25(17-15-23)33(18-19-33)38-20-36/h2-17,20-21H,18-19H2,1H3,(H,35,37)/t21-/m1/s1. The van der Waals surface area contributed by atoms with Crippen molar-refractivity contribution in [3.05, 3.63) is 113 Å². The van der Waals surface area contributed by atoms with Crippen LogP contribution >= 0.6 is 11.6 Å². The Labute approximate surface area is 236 Å². The summed E-state index contributed by atoms with van der Waals surface area (Å²) >= 11 is 6.27. The lowest BCUT2D eigenvalue weighted by Crippen LogP contribution is -2.16. The van der Waals surface area contributed by atoms with E-state index in [1.54, 1.807) is 13.0 Å². The highest BCUT2D eigenvalue weighted by molar-refractivity contribution is 6.31. The topological polar surface area (TPSA) is 77.8 Å². The molecule has 0 unspecified atom stereocenters. The van der Waals surface area contributed by atoms with Crippen molar-refractivity contribution in [3.8, 4) is 22.3 Å². The van der Waals surface area contributed by atoms with E-state index in [1.165, 1.54) is 0 Å². The Hall–Kier alpha value is -4.55. The molecule has 0 spiro atoms. The van der Waals surface area contributed by atoms with Gasteiger partial charge in [0, 0.05) is 16.0 Å². The molecule has 1 amide bonds. The molecule has 1 fully saturated rings. The molecule has 40 heavy (non-hydrogen) atoms. The largest absolute Gasteiger partial charge is 0.456 e. The number of anilines is 1. The molecule has 0 saturated heterocycles. The molecule has 1 aliphatic carbocycles. The molecule has 6 nitrogen and oxygen atoms in total. The summed E-state index contributed by atoms with van der Waals surface area (Å²) in [5.74, 6) is 0.305. The predicted molar refractivity (Wildman–Crippen MR) is 155 cm³/mol. The summed E-state index contributed by atoms with van der Waals surface area (Å²) in [6, 6.07) is 31.1. The minimum absolute atomic E-state index is 0.305. The van der Waals surface area contributed by atoms with Gasteiger partial charge in [-0.2, -0.15) is 0 Å². The van der Waals surface area contributed by atoms with Crippen LogP contribution < -0.4 is 5.32 Å². The molecule has 0 aliphatic heterocycles. The molecule has 4 aromatic carbocycles. The first kappa shape index (κ1) is 25.7. The van der Waals surface area contributed by atoms with Gasteiger partial charge < -0.3 is 13.9 Å². The van der Waals surface area contributed by atoms with Gasteiger partial charge >= 0.3 is 6.09 Å². The molecule has 1 N–H and O–H groups in total. The summed E-state index contributed by atoms with van der Waals surface area (Å²) in [6.07, 6.45) is 0.506. The summed E-state index contributed by atoms with van der Waals surface area (Å²) in [5.41, 5.74) is 5.65. The van der Waals surface area contributed by atoms with Gasteiger partial charge in [-0.3, -0.25) is 10.1 Å². The second kappa shape index (κ2) is 10.5. The highest BCUT2D eigenvalue weighted by atomic mass is 35.5. The van der Waals surface area contributed by atoms with Crippen molar-refractivity contribution >= 4 is 41.0 Å². The maximum atomic E-state index is 12.9. The zero-order valence-corrected chi connectivity index (χ0v) is 22.5. The first-order chi connectivity index (χ1) is 19.5. The van der Waals surface area contributed by atoms with Gasteiger partial charge in [0.25, 0.3) is 6.47 Å². The molecule has 7 heteroatoms. The van der Waals surface area contributed by atoms with Crippen LogP contribution in [0, 0.1) is 0 Å². The first-order valence-corrected chi connectivity index (χ1v) is 13.4. The molecule has 1 aliphatic rings. The number of para-hydroxylation sites is 1. The molecular formula is C33H26ClNO5. The van der Waals surface area contributed by atoms with Crippen LogP contribution in [-0.2, 0) is 19.9 Å². The molecule has 1 saturated carbocycles. The Bertz CT molecular complexity index is 1690.